The van der Waals surface area contributed by atoms with Crippen LogP contribution in [-0.4, -0.2) is 62.6 Å². The van der Waals surface area contributed by atoms with Crippen molar-refractivity contribution >= 4 is 17.7 Å². The Kier molecular flexibility index (Phi) is 6.77. The van der Waals surface area contributed by atoms with Crippen molar-refractivity contribution in [3.05, 3.63) is 23.3 Å². The lowest BCUT2D eigenvalue weighted by atomic mass is 10.0. The minimum Gasteiger partial charge on any atom is -0.496 e. The van der Waals surface area contributed by atoms with Crippen molar-refractivity contribution in [2.45, 2.75) is 42.4 Å². The van der Waals surface area contributed by atoms with Gasteiger partial charge in [-0.15, -0.1) is 11.8 Å². The van der Waals surface area contributed by atoms with Crippen LogP contribution in [0.5, 0.6) is 5.75 Å². The number of likely N-dealkylation sites (tertiary alicyclic amines) is 1. The third-order valence-corrected chi connectivity index (χ3v) is 6.07. The molecule has 1 unspecified atom stereocenters. The van der Waals surface area contributed by atoms with Crippen molar-refractivity contribution in [3.8, 4) is 5.75 Å². The van der Waals surface area contributed by atoms with E-state index in [0.717, 1.165) is 56.2 Å². The summed E-state index contributed by atoms with van der Waals surface area (Å²) in [5.41, 5.74) is -0.699. The van der Waals surface area contributed by atoms with Gasteiger partial charge < -0.3 is 14.8 Å². The molecular weight excluding hydrogens is 393 g/mol. The second-order valence-corrected chi connectivity index (χ2v) is 7.86. The summed E-state index contributed by atoms with van der Waals surface area (Å²) in [6.07, 6.45) is 0.237. The fourth-order valence-corrected chi connectivity index (χ4v) is 4.56. The Balaban J connectivity index is 1.86. The number of carbonyl (C=O) groups is 1. The van der Waals surface area contributed by atoms with E-state index in [2.05, 4.69) is 10.2 Å². The number of nitrogens with zero attached hydrogens (tertiary/aromatic N) is 1. The van der Waals surface area contributed by atoms with E-state index >= 15 is 0 Å². The molecule has 3 rings (SSSR count). The van der Waals surface area contributed by atoms with Crippen LogP contribution in [0, 0.1) is 0 Å². The van der Waals surface area contributed by atoms with Crippen LogP contribution >= 0.6 is 11.8 Å². The van der Waals surface area contributed by atoms with Gasteiger partial charge in [0.15, 0.2) is 0 Å². The Morgan fingerprint density at radius 3 is 2.64 bits per heavy atom. The van der Waals surface area contributed by atoms with Gasteiger partial charge in [0, 0.05) is 17.5 Å². The summed E-state index contributed by atoms with van der Waals surface area (Å²) in [7, 11) is 1.27. The van der Waals surface area contributed by atoms with Gasteiger partial charge in [-0.2, -0.15) is 13.2 Å². The van der Waals surface area contributed by atoms with Gasteiger partial charge in [0.1, 0.15) is 5.75 Å². The molecule has 0 spiro atoms. The van der Waals surface area contributed by atoms with E-state index in [0.29, 0.717) is 13.2 Å². The van der Waals surface area contributed by atoms with Gasteiger partial charge in [0.2, 0.25) is 0 Å². The highest BCUT2D eigenvalue weighted by Gasteiger charge is 2.36. The van der Waals surface area contributed by atoms with Crippen LogP contribution < -0.4 is 10.1 Å². The molecule has 1 N–H and O–H groups in total. The number of amides is 1. The second kappa shape index (κ2) is 8.92. The second-order valence-electron chi connectivity index (χ2n) is 7.01. The Bertz CT molecular complexity index is 683. The SMILES string of the molecule is COc1cc(C(F)(F)F)cc(SC)c1C(=O)N[C@@H]1COCCC1N1CCCC1. The van der Waals surface area contributed by atoms with Crippen LogP contribution in [0.4, 0.5) is 13.2 Å². The molecule has 2 saturated heterocycles. The fourth-order valence-electron chi connectivity index (χ4n) is 3.91. The molecule has 1 aromatic rings. The normalized spacial score (nSPS) is 23.6. The van der Waals surface area contributed by atoms with Gasteiger partial charge in [0.25, 0.3) is 5.91 Å². The molecule has 2 aliphatic rings. The van der Waals surface area contributed by atoms with Gasteiger partial charge in [-0.05, 0) is 50.7 Å². The summed E-state index contributed by atoms with van der Waals surface area (Å²) in [5.74, 6) is -0.513. The molecule has 2 atom stereocenters. The Morgan fingerprint density at radius 1 is 1.32 bits per heavy atom. The maximum atomic E-state index is 13.2. The molecule has 0 bridgehead atoms. The predicted molar refractivity (Wildman–Crippen MR) is 101 cm³/mol. The standard InChI is InChI=1S/C19H25F3N2O3S/c1-26-15-9-12(19(20,21)22)10-16(28-2)17(15)18(25)23-13-11-27-8-5-14(13)24-6-3-4-7-24/h9-10,13-14H,3-8,11H2,1-2H3,(H,23,25)/t13-,14?/m1/s1. The number of hydrogen-bond donors (Lipinski definition) is 1. The Labute approximate surface area is 166 Å². The third-order valence-electron chi connectivity index (χ3n) is 5.31. The summed E-state index contributed by atoms with van der Waals surface area (Å²) in [6.45, 7) is 3.03. The number of methoxy groups -OCH3 is 1. The number of hydrogen-bond acceptors (Lipinski definition) is 5. The van der Waals surface area contributed by atoms with Gasteiger partial charge >= 0.3 is 6.18 Å². The number of benzene rings is 1. The predicted octanol–water partition coefficient (Wildman–Crippen LogP) is 3.42. The van der Waals surface area contributed by atoms with Gasteiger partial charge in [-0.3, -0.25) is 9.69 Å². The average Bonchev–Trinajstić information content (AvgIpc) is 3.21. The van der Waals surface area contributed by atoms with E-state index in [1.807, 2.05) is 0 Å². The number of ether oxygens (including phenoxy) is 2. The first-order chi connectivity index (χ1) is 13.3. The van der Waals surface area contributed by atoms with E-state index in [1.54, 1.807) is 6.26 Å². The lowest BCUT2D eigenvalue weighted by molar-refractivity contribution is -0.137. The minimum atomic E-state index is -4.51. The molecule has 0 radical (unpaired) electrons. The highest BCUT2D eigenvalue weighted by molar-refractivity contribution is 7.98. The van der Waals surface area contributed by atoms with Gasteiger partial charge in [0.05, 0.1) is 30.9 Å². The van der Waals surface area contributed by atoms with Crippen molar-refractivity contribution in [3.63, 3.8) is 0 Å². The zero-order valence-corrected chi connectivity index (χ0v) is 16.8. The highest BCUT2D eigenvalue weighted by Crippen LogP contribution is 2.38. The minimum absolute atomic E-state index is 0.0777. The largest absolute Gasteiger partial charge is 0.496 e. The van der Waals surface area contributed by atoms with Crippen molar-refractivity contribution in [2.24, 2.45) is 0 Å². The number of halogens is 3. The summed E-state index contributed by atoms with van der Waals surface area (Å²) in [4.78, 5) is 15.6. The molecule has 9 heteroatoms. The first kappa shape index (κ1) is 21.3. The number of alkyl halides is 3. The molecule has 2 heterocycles. The molecular formula is C19H25F3N2O3S. The third kappa shape index (κ3) is 4.58. The van der Waals surface area contributed by atoms with E-state index < -0.39 is 17.6 Å². The Morgan fingerprint density at radius 2 is 2.04 bits per heavy atom. The lowest BCUT2D eigenvalue weighted by Crippen LogP contribution is -2.56. The molecule has 0 aromatic heterocycles. The number of nitrogens with one attached hydrogen (secondary N) is 1. The highest BCUT2D eigenvalue weighted by atomic mass is 32.2. The fraction of sp³-hybridized carbons (Fsp3) is 0.632. The van der Waals surface area contributed by atoms with E-state index in [-0.39, 0.29) is 28.3 Å². The quantitative estimate of drug-likeness (QED) is 0.743. The van der Waals surface area contributed by atoms with Crippen LogP contribution in [0.15, 0.2) is 17.0 Å². The van der Waals surface area contributed by atoms with E-state index in [4.69, 9.17) is 9.47 Å². The maximum absolute atomic E-state index is 13.2. The van der Waals surface area contributed by atoms with E-state index in [1.165, 1.54) is 7.11 Å². The van der Waals surface area contributed by atoms with E-state index in [9.17, 15) is 18.0 Å². The number of thioether (sulfide) groups is 1. The summed E-state index contributed by atoms with van der Waals surface area (Å²) in [5, 5.41) is 2.99. The average molecular weight is 418 g/mol. The molecule has 5 nitrogen and oxygen atoms in total. The van der Waals surface area contributed by atoms with Crippen molar-refractivity contribution in [1.82, 2.24) is 10.2 Å². The smallest absolute Gasteiger partial charge is 0.416 e. The van der Waals surface area contributed by atoms with Crippen molar-refractivity contribution < 1.29 is 27.4 Å². The van der Waals surface area contributed by atoms with Crippen LogP contribution in [0.3, 0.4) is 0 Å². The van der Waals surface area contributed by atoms with Gasteiger partial charge in [-0.25, -0.2) is 0 Å². The van der Waals surface area contributed by atoms with Crippen LogP contribution in [0.25, 0.3) is 0 Å². The van der Waals surface area contributed by atoms with Crippen LogP contribution in [0.2, 0.25) is 0 Å². The van der Waals surface area contributed by atoms with Crippen molar-refractivity contribution in [2.75, 3.05) is 39.7 Å². The molecule has 0 saturated carbocycles. The number of carbonyl (C=O) groups excluding carboxylic acids is 1. The molecule has 2 fully saturated rings. The molecule has 156 valence electrons. The zero-order chi connectivity index (χ0) is 20.3. The molecule has 1 amide bonds. The maximum Gasteiger partial charge on any atom is 0.416 e. The van der Waals surface area contributed by atoms with Crippen LogP contribution in [0.1, 0.15) is 35.2 Å². The zero-order valence-electron chi connectivity index (χ0n) is 16.0. The number of rotatable bonds is 5. The first-order valence-electron chi connectivity index (χ1n) is 9.31. The van der Waals surface area contributed by atoms with Gasteiger partial charge in [-0.1, -0.05) is 0 Å². The molecule has 28 heavy (non-hydrogen) atoms. The molecule has 2 aliphatic heterocycles. The monoisotopic (exact) mass is 418 g/mol. The van der Waals surface area contributed by atoms with Crippen LogP contribution in [-0.2, 0) is 10.9 Å². The molecule has 1 aromatic carbocycles. The lowest BCUT2D eigenvalue weighted by Gasteiger charge is -2.38. The summed E-state index contributed by atoms with van der Waals surface area (Å²) >= 11 is 1.09. The van der Waals surface area contributed by atoms with Crippen molar-refractivity contribution in [1.29, 1.82) is 0 Å². The topological polar surface area (TPSA) is 50.8 Å². The first-order valence-corrected chi connectivity index (χ1v) is 10.5. The Hall–Kier alpha value is -1.45. The summed E-state index contributed by atoms with van der Waals surface area (Å²) in [6, 6.07) is 1.85. The molecule has 0 aliphatic carbocycles. The summed E-state index contributed by atoms with van der Waals surface area (Å²) < 4.78 is 50.2.